The summed E-state index contributed by atoms with van der Waals surface area (Å²) in [7, 11) is 3.59. The van der Waals surface area contributed by atoms with E-state index in [2.05, 4.69) is 25.6 Å². The van der Waals surface area contributed by atoms with Crippen LogP contribution in [0.3, 0.4) is 0 Å². The third kappa shape index (κ3) is 5.69. The van der Waals surface area contributed by atoms with Crippen molar-refractivity contribution in [1.29, 1.82) is 0 Å². The quantitative estimate of drug-likeness (QED) is 0.804. The SMILES string of the molecule is CC(C)CNC(=O)CNc1nc(Cl)nc(N(C)C)n1. The lowest BCUT2D eigenvalue weighted by Gasteiger charge is -2.12. The Labute approximate surface area is 117 Å². The van der Waals surface area contributed by atoms with Crippen molar-refractivity contribution in [3.8, 4) is 0 Å². The molecule has 19 heavy (non-hydrogen) atoms. The molecule has 0 bridgehead atoms. The average Bonchev–Trinajstić information content (AvgIpc) is 2.33. The van der Waals surface area contributed by atoms with Crippen molar-refractivity contribution in [2.75, 3.05) is 37.4 Å². The Bertz CT molecular complexity index is 437. The zero-order valence-corrected chi connectivity index (χ0v) is 12.3. The number of carbonyl (C=O) groups excluding carboxylic acids is 1. The molecule has 0 unspecified atom stereocenters. The van der Waals surface area contributed by atoms with Crippen molar-refractivity contribution in [2.24, 2.45) is 5.92 Å². The van der Waals surface area contributed by atoms with Crippen molar-refractivity contribution < 1.29 is 4.79 Å². The molecule has 1 aromatic rings. The molecule has 0 fully saturated rings. The normalized spacial score (nSPS) is 10.4. The Morgan fingerprint density at radius 1 is 1.32 bits per heavy atom. The Kier molecular flexibility index (Phi) is 5.75. The minimum Gasteiger partial charge on any atom is -0.354 e. The van der Waals surface area contributed by atoms with E-state index >= 15 is 0 Å². The number of hydrogen-bond donors (Lipinski definition) is 2. The monoisotopic (exact) mass is 286 g/mol. The van der Waals surface area contributed by atoms with Gasteiger partial charge in [0.05, 0.1) is 6.54 Å². The largest absolute Gasteiger partial charge is 0.354 e. The lowest BCUT2D eigenvalue weighted by atomic mass is 10.2. The summed E-state index contributed by atoms with van der Waals surface area (Å²) in [6.07, 6.45) is 0. The van der Waals surface area contributed by atoms with Crippen LogP contribution in [-0.4, -0.2) is 48.0 Å². The van der Waals surface area contributed by atoms with Gasteiger partial charge in [-0.05, 0) is 17.5 Å². The van der Waals surface area contributed by atoms with Gasteiger partial charge in [0.25, 0.3) is 0 Å². The molecule has 0 aliphatic heterocycles. The van der Waals surface area contributed by atoms with Gasteiger partial charge in [-0.1, -0.05) is 13.8 Å². The van der Waals surface area contributed by atoms with Gasteiger partial charge in [0, 0.05) is 20.6 Å². The smallest absolute Gasteiger partial charge is 0.239 e. The molecule has 1 heterocycles. The summed E-state index contributed by atoms with van der Waals surface area (Å²) in [4.78, 5) is 25.2. The summed E-state index contributed by atoms with van der Waals surface area (Å²) in [5.41, 5.74) is 0. The first kappa shape index (κ1) is 15.4. The molecule has 0 spiro atoms. The number of anilines is 2. The highest BCUT2D eigenvalue weighted by Crippen LogP contribution is 2.10. The van der Waals surface area contributed by atoms with E-state index in [0.717, 1.165) is 0 Å². The topological polar surface area (TPSA) is 83.0 Å². The fraction of sp³-hybridized carbons (Fsp3) is 0.636. The number of hydrogen-bond acceptors (Lipinski definition) is 6. The van der Waals surface area contributed by atoms with Gasteiger partial charge in [-0.3, -0.25) is 4.79 Å². The summed E-state index contributed by atoms with van der Waals surface area (Å²) in [6.45, 7) is 4.80. The molecule has 0 radical (unpaired) electrons. The lowest BCUT2D eigenvalue weighted by Crippen LogP contribution is -2.33. The van der Waals surface area contributed by atoms with Crippen molar-refractivity contribution in [2.45, 2.75) is 13.8 Å². The van der Waals surface area contributed by atoms with Gasteiger partial charge in [-0.2, -0.15) is 15.0 Å². The van der Waals surface area contributed by atoms with E-state index in [1.54, 1.807) is 19.0 Å². The second-order valence-electron chi connectivity index (χ2n) is 4.67. The van der Waals surface area contributed by atoms with Crippen LogP contribution in [-0.2, 0) is 4.79 Å². The van der Waals surface area contributed by atoms with E-state index in [0.29, 0.717) is 18.4 Å². The van der Waals surface area contributed by atoms with Crippen LogP contribution in [0, 0.1) is 5.92 Å². The number of rotatable bonds is 6. The number of amides is 1. The summed E-state index contributed by atoms with van der Waals surface area (Å²) in [5, 5.41) is 5.69. The molecule has 0 atom stereocenters. The minimum atomic E-state index is -0.114. The fourth-order valence-corrected chi connectivity index (χ4v) is 1.31. The molecule has 8 heteroatoms. The Hall–Kier alpha value is -1.63. The molecule has 1 amide bonds. The zero-order valence-electron chi connectivity index (χ0n) is 11.6. The summed E-state index contributed by atoms with van der Waals surface area (Å²) in [5.74, 6) is 1.01. The molecule has 0 saturated carbocycles. The zero-order chi connectivity index (χ0) is 14.4. The molecule has 0 saturated heterocycles. The van der Waals surface area contributed by atoms with Gasteiger partial charge in [-0.25, -0.2) is 0 Å². The predicted octanol–water partition coefficient (Wildman–Crippen LogP) is 0.775. The van der Waals surface area contributed by atoms with Crippen LogP contribution in [0.15, 0.2) is 0 Å². The van der Waals surface area contributed by atoms with Crippen LogP contribution < -0.4 is 15.5 Å². The lowest BCUT2D eigenvalue weighted by molar-refractivity contribution is -0.119. The molecule has 0 aromatic carbocycles. The van der Waals surface area contributed by atoms with Crippen LogP contribution in [0.1, 0.15) is 13.8 Å². The van der Waals surface area contributed by atoms with E-state index in [1.807, 2.05) is 13.8 Å². The Balaban J connectivity index is 2.55. The average molecular weight is 287 g/mol. The molecule has 0 aliphatic rings. The van der Waals surface area contributed by atoms with Gasteiger partial charge < -0.3 is 15.5 Å². The van der Waals surface area contributed by atoms with Crippen molar-refractivity contribution in [3.05, 3.63) is 5.28 Å². The number of nitrogens with one attached hydrogen (secondary N) is 2. The van der Waals surface area contributed by atoms with Gasteiger partial charge in [0.1, 0.15) is 0 Å². The minimum absolute atomic E-state index is 0.0868. The van der Waals surface area contributed by atoms with Gasteiger partial charge in [-0.15, -0.1) is 0 Å². The highest BCUT2D eigenvalue weighted by molar-refractivity contribution is 6.28. The van der Waals surface area contributed by atoms with E-state index in [4.69, 9.17) is 11.6 Å². The van der Waals surface area contributed by atoms with Crippen molar-refractivity contribution >= 4 is 29.4 Å². The van der Waals surface area contributed by atoms with E-state index in [9.17, 15) is 4.79 Å². The maximum absolute atomic E-state index is 11.5. The molecule has 2 N–H and O–H groups in total. The van der Waals surface area contributed by atoms with Crippen LogP contribution in [0.4, 0.5) is 11.9 Å². The van der Waals surface area contributed by atoms with Crippen LogP contribution in [0.2, 0.25) is 5.28 Å². The van der Waals surface area contributed by atoms with Crippen LogP contribution in [0.5, 0.6) is 0 Å². The third-order valence-electron chi connectivity index (χ3n) is 2.11. The Morgan fingerprint density at radius 2 is 2.00 bits per heavy atom. The molecular formula is C11H19ClN6O. The first-order chi connectivity index (χ1) is 8.88. The standard InChI is InChI=1S/C11H19ClN6O/c1-7(2)5-13-8(19)6-14-10-15-9(12)16-11(17-10)18(3)4/h7H,5-6H2,1-4H3,(H,13,19)(H,14,15,16,17). The summed E-state index contributed by atoms with van der Waals surface area (Å²) < 4.78 is 0. The molecule has 7 nitrogen and oxygen atoms in total. The Morgan fingerprint density at radius 3 is 2.58 bits per heavy atom. The second-order valence-corrected chi connectivity index (χ2v) is 5.01. The van der Waals surface area contributed by atoms with E-state index < -0.39 is 0 Å². The fourth-order valence-electron chi connectivity index (χ4n) is 1.16. The number of carbonyl (C=O) groups is 1. The van der Waals surface area contributed by atoms with Crippen LogP contribution >= 0.6 is 11.6 Å². The van der Waals surface area contributed by atoms with Crippen molar-refractivity contribution in [1.82, 2.24) is 20.3 Å². The van der Waals surface area contributed by atoms with Gasteiger partial charge >= 0.3 is 0 Å². The third-order valence-corrected chi connectivity index (χ3v) is 2.28. The summed E-state index contributed by atoms with van der Waals surface area (Å²) >= 11 is 5.78. The first-order valence-electron chi connectivity index (χ1n) is 5.98. The maximum atomic E-state index is 11.5. The van der Waals surface area contributed by atoms with E-state index in [-0.39, 0.29) is 23.7 Å². The molecule has 1 rings (SSSR count). The highest BCUT2D eigenvalue weighted by Gasteiger charge is 2.08. The predicted molar refractivity (Wildman–Crippen MR) is 75.5 cm³/mol. The second kappa shape index (κ2) is 7.08. The van der Waals surface area contributed by atoms with Crippen LogP contribution in [0.25, 0.3) is 0 Å². The molecular weight excluding hydrogens is 268 g/mol. The maximum Gasteiger partial charge on any atom is 0.239 e. The van der Waals surface area contributed by atoms with Crippen molar-refractivity contribution in [3.63, 3.8) is 0 Å². The van der Waals surface area contributed by atoms with Gasteiger partial charge in [0.15, 0.2) is 0 Å². The number of nitrogens with zero attached hydrogens (tertiary/aromatic N) is 4. The van der Waals surface area contributed by atoms with E-state index in [1.165, 1.54) is 0 Å². The highest BCUT2D eigenvalue weighted by atomic mass is 35.5. The first-order valence-corrected chi connectivity index (χ1v) is 6.35. The number of halogens is 1. The van der Waals surface area contributed by atoms with Gasteiger partial charge in [0.2, 0.25) is 23.1 Å². The number of aromatic nitrogens is 3. The summed E-state index contributed by atoms with van der Waals surface area (Å²) in [6, 6.07) is 0. The molecule has 106 valence electrons. The molecule has 1 aromatic heterocycles. The molecule has 0 aliphatic carbocycles.